The number of methoxy groups -OCH3 is 2. The summed E-state index contributed by atoms with van der Waals surface area (Å²) >= 11 is 1.58. The van der Waals surface area contributed by atoms with E-state index in [1.807, 2.05) is 49.5 Å². The molecule has 230 valence electrons. The van der Waals surface area contributed by atoms with E-state index in [0.717, 1.165) is 71.5 Å². The standard InChI is InChI=1S/C33H42N4O5S/c1-6-27-20-30(36(3)18-16-23-12-15-28(40-4)29(19-23)41-5)35-33(34-27)43-22-24-10-13-25(14-11-24)31(38)37-17-8-9-26(21-37)32(39)42-7-2/h10-15,19-20,26H,6-9,16-18,21-22H2,1-5H3/t26-/m0/s1. The number of anilines is 1. The number of piperidine rings is 1. The SMILES string of the molecule is CCOC(=O)[C@H]1CCCN(C(=O)c2ccc(CSc3nc(CC)cc(N(C)CCc4ccc(OC)c(OC)c4)n3)cc2)C1. The number of aryl methyl sites for hydroxylation is 1. The third-order valence-corrected chi connectivity index (χ3v) is 8.50. The van der Waals surface area contributed by atoms with Crippen LogP contribution in [0.4, 0.5) is 5.82 Å². The molecule has 2 heterocycles. The molecule has 0 spiro atoms. The van der Waals surface area contributed by atoms with Crippen LogP contribution in [0.15, 0.2) is 53.7 Å². The van der Waals surface area contributed by atoms with Crippen molar-refractivity contribution in [2.75, 3.05) is 52.4 Å². The Labute approximate surface area is 258 Å². The van der Waals surface area contributed by atoms with Gasteiger partial charge < -0.3 is 24.0 Å². The number of carbonyl (C=O) groups excluding carboxylic acids is 2. The minimum Gasteiger partial charge on any atom is -0.493 e. The molecule has 0 N–H and O–H groups in total. The highest BCUT2D eigenvalue weighted by Crippen LogP contribution is 2.28. The number of amides is 1. The van der Waals surface area contributed by atoms with Crippen LogP contribution < -0.4 is 14.4 Å². The minimum absolute atomic E-state index is 0.0482. The summed E-state index contributed by atoms with van der Waals surface area (Å²) in [7, 11) is 5.33. The summed E-state index contributed by atoms with van der Waals surface area (Å²) in [5.74, 6) is 2.51. The zero-order valence-corrected chi connectivity index (χ0v) is 26.6. The Morgan fingerprint density at radius 3 is 2.44 bits per heavy atom. The van der Waals surface area contributed by atoms with Gasteiger partial charge in [0.05, 0.1) is 26.7 Å². The van der Waals surface area contributed by atoms with E-state index in [1.54, 1.807) is 37.8 Å². The lowest BCUT2D eigenvalue weighted by atomic mass is 9.97. The average Bonchev–Trinajstić information content (AvgIpc) is 3.05. The first kappa shape index (κ1) is 32.1. The lowest BCUT2D eigenvalue weighted by Gasteiger charge is -2.31. The maximum atomic E-state index is 13.1. The summed E-state index contributed by atoms with van der Waals surface area (Å²) < 4.78 is 16.0. The maximum absolute atomic E-state index is 13.1. The Hall–Kier alpha value is -3.79. The smallest absolute Gasteiger partial charge is 0.310 e. The van der Waals surface area contributed by atoms with Crippen LogP contribution in [0.25, 0.3) is 0 Å². The van der Waals surface area contributed by atoms with Gasteiger partial charge in [0.15, 0.2) is 16.7 Å². The number of likely N-dealkylation sites (tertiary alicyclic amines) is 1. The van der Waals surface area contributed by atoms with Crippen LogP contribution in [0.3, 0.4) is 0 Å². The fraction of sp³-hybridized carbons (Fsp3) is 0.455. The summed E-state index contributed by atoms with van der Waals surface area (Å²) in [6, 6.07) is 15.7. The molecule has 1 atom stereocenters. The van der Waals surface area contributed by atoms with E-state index in [2.05, 4.69) is 17.9 Å². The molecule has 0 radical (unpaired) electrons. The second-order valence-electron chi connectivity index (χ2n) is 10.5. The van der Waals surface area contributed by atoms with Crippen molar-refractivity contribution in [3.05, 3.63) is 70.9 Å². The summed E-state index contributed by atoms with van der Waals surface area (Å²) in [6.07, 6.45) is 3.21. The van der Waals surface area contributed by atoms with Crippen LogP contribution in [-0.2, 0) is 28.1 Å². The summed E-state index contributed by atoms with van der Waals surface area (Å²) in [5, 5.41) is 0.728. The first-order valence-corrected chi connectivity index (χ1v) is 15.8. The van der Waals surface area contributed by atoms with E-state index < -0.39 is 0 Å². The van der Waals surface area contributed by atoms with Gasteiger partial charge in [-0.15, -0.1) is 0 Å². The molecule has 0 unspecified atom stereocenters. The number of likely N-dealkylation sites (N-methyl/N-ethyl adjacent to an activating group) is 1. The van der Waals surface area contributed by atoms with Gasteiger partial charge in [-0.1, -0.05) is 36.9 Å². The van der Waals surface area contributed by atoms with Crippen molar-refractivity contribution in [1.82, 2.24) is 14.9 Å². The number of carbonyl (C=O) groups is 2. The van der Waals surface area contributed by atoms with Crippen LogP contribution in [0.5, 0.6) is 11.5 Å². The highest BCUT2D eigenvalue weighted by atomic mass is 32.2. The predicted molar refractivity (Wildman–Crippen MR) is 169 cm³/mol. The molecule has 1 amide bonds. The van der Waals surface area contributed by atoms with Gasteiger partial charge in [-0.3, -0.25) is 9.59 Å². The Morgan fingerprint density at radius 2 is 1.74 bits per heavy atom. The summed E-state index contributed by atoms with van der Waals surface area (Å²) in [6.45, 7) is 6.10. The van der Waals surface area contributed by atoms with Crippen molar-refractivity contribution in [2.24, 2.45) is 5.92 Å². The number of thioether (sulfide) groups is 1. The van der Waals surface area contributed by atoms with Crippen molar-refractivity contribution in [2.45, 2.75) is 50.4 Å². The Balaban J connectivity index is 1.35. The fourth-order valence-electron chi connectivity index (χ4n) is 5.04. The van der Waals surface area contributed by atoms with Crippen LogP contribution in [0.2, 0.25) is 0 Å². The molecular weight excluding hydrogens is 564 g/mol. The lowest BCUT2D eigenvalue weighted by molar-refractivity contribution is -0.149. The molecular formula is C33H42N4O5S. The number of ether oxygens (including phenoxy) is 3. The number of rotatable bonds is 13. The molecule has 1 aliphatic heterocycles. The first-order valence-electron chi connectivity index (χ1n) is 14.8. The van der Waals surface area contributed by atoms with Gasteiger partial charge in [0.2, 0.25) is 0 Å². The molecule has 1 aliphatic rings. The van der Waals surface area contributed by atoms with Crippen molar-refractivity contribution in [1.29, 1.82) is 0 Å². The van der Waals surface area contributed by atoms with Gasteiger partial charge >= 0.3 is 5.97 Å². The molecule has 9 nitrogen and oxygen atoms in total. The van der Waals surface area contributed by atoms with E-state index >= 15 is 0 Å². The molecule has 0 aliphatic carbocycles. The number of esters is 1. The van der Waals surface area contributed by atoms with E-state index in [9.17, 15) is 9.59 Å². The van der Waals surface area contributed by atoms with E-state index in [-0.39, 0.29) is 17.8 Å². The van der Waals surface area contributed by atoms with E-state index in [1.165, 1.54) is 0 Å². The summed E-state index contributed by atoms with van der Waals surface area (Å²) in [4.78, 5) is 38.8. The third-order valence-electron chi connectivity index (χ3n) is 7.58. The van der Waals surface area contributed by atoms with Gasteiger partial charge in [-0.25, -0.2) is 9.97 Å². The summed E-state index contributed by atoms with van der Waals surface area (Å²) in [5.41, 5.74) is 3.86. The molecule has 0 bridgehead atoms. The highest BCUT2D eigenvalue weighted by Gasteiger charge is 2.29. The van der Waals surface area contributed by atoms with Gasteiger partial charge in [0.25, 0.3) is 5.91 Å². The Kier molecular flexibility index (Phi) is 11.7. The van der Waals surface area contributed by atoms with Crippen molar-refractivity contribution in [3.8, 4) is 11.5 Å². The van der Waals surface area contributed by atoms with Crippen LogP contribution in [0.1, 0.15) is 53.9 Å². The normalized spacial score (nSPS) is 14.7. The maximum Gasteiger partial charge on any atom is 0.310 e. The van der Waals surface area contributed by atoms with Crippen molar-refractivity contribution in [3.63, 3.8) is 0 Å². The Bertz CT molecular complexity index is 1380. The van der Waals surface area contributed by atoms with Crippen LogP contribution >= 0.6 is 11.8 Å². The largest absolute Gasteiger partial charge is 0.493 e. The van der Waals surface area contributed by atoms with Crippen LogP contribution in [0, 0.1) is 5.92 Å². The third kappa shape index (κ3) is 8.63. The number of nitrogens with zero attached hydrogens (tertiary/aromatic N) is 4. The van der Waals surface area contributed by atoms with Crippen molar-refractivity contribution < 1.29 is 23.8 Å². The first-order chi connectivity index (χ1) is 20.8. The number of aromatic nitrogens is 2. The van der Waals surface area contributed by atoms with Gasteiger partial charge in [-0.2, -0.15) is 0 Å². The monoisotopic (exact) mass is 606 g/mol. The second kappa shape index (κ2) is 15.6. The van der Waals surface area contributed by atoms with Crippen LogP contribution in [-0.4, -0.2) is 74.3 Å². The molecule has 10 heteroatoms. The molecule has 3 aromatic rings. The highest BCUT2D eigenvalue weighted by molar-refractivity contribution is 7.98. The van der Waals surface area contributed by atoms with Crippen molar-refractivity contribution >= 4 is 29.5 Å². The average molecular weight is 607 g/mol. The van der Waals surface area contributed by atoms with Gasteiger partial charge in [0, 0.05) is 49.8 Å². The minimum atomic E-state index is -0.248. The lowest BCUT2D eigenvalue weighted by Crippen LogP contribution is -2.42. The fourth-order valence-corrected chi connectivity index (χ4v) is 5.86. The quantitative estimate of drug-likeness (QED) is 0.143. The molecule has 2 aromatic carbocycles. The molecule has 1 saturated heterocycles. The van der Waals surface area contributed by atoms with E-state index in [4.69, 9.17) is 24.2 Å². The molecule has 1 aromatic heterocycles. The Morgan fingerprint density at radius 1 is 1.00 bits per heavy atom. The predicted octanol–water partition coefficient (Wildman–Crippen LogP) is 5.44. The molecule has 1 fully saturated rings. The second-order valence-corrected chi connectivity index (χ2v) is 11.5. The number of hydrogen-bond acceptors (Lipinski definition) is 9. The molecule has 4 rings (SSSR count). The number of hydrogen-bond donors (Lipinski definition) is 0. The zero-order valence-electron chi connectivity index (χ0n) is 25.8. The van der Waals surface area contributed by atoms with Gasteiger partial charge in [0.1, 0.15) is 5.82 Å². The van der Waals surface area contributed by atoms with Gasteiger partial charge in [-0.05, 0) is 68.0 Å². The molecule has 43 heavy (non-hydrogen) atoms. The number of benzene rings is 2. The topological polar surface area (TPSA) is 94.1 Å². The van der Waals surface area contributed by atoms with E-state index in [0.29, 0.717) is 31.0 Å². The zero-order chi connectivity index (χ0) is 30.8. The molecule has 0 saturated carbocycles.